The molecule has 2 aromatic carbocycles. The van der Waals surface area contributed by atoms with Gasteiger partial charge in [0, 0.05) is 16.3 Å². The maximum Gasteiger partial charge on any atom is 0.113 e. The Labute approximate surface area is 147 Å². The summed E-state index contributed by atoms with van der Waals surface area (Å²) in [5.41, 5.74) is 4.67. The van der Waals surface area contributed by atoms with E-state index in [9.17, 15) is 0 Å². The van der Waals surface area contributed by atoms with Crippen molar-refractivity contribution in [2.45, 2.75) is 38.0 Å². The minimum absolute atomic E-state index is 0.0126. The first kappa shape index (κ1) is 15.9. The van der Waals surface area contributed by atoms with Crippen LogP contribution >= 0.6 is 11.6 Å². The highest BCUT2D eigenvalue weighted by molar-refractivity contribution is 6.31. The Bertz CT molecular complexity index is 746. The third kappa shape index (κ3) is 2.71. The molecule has 1 saturated heterocycles. The van der Waals surface area contributed by atoms with Crippen LogP contribution in [0.2, 0.25) is 5.02 Å². The number of anilines is 1. The van der Waals surface area contributed by atoms with Crippen LogP contribution < -0.4 is 5.32 Å². The van der Waals surface area contributed by atoms with Crippen LogP contribution in [0.1, 0.15) is 48.6 Å². The van der Waals surface area contributed by atoms with Crippen molar-refractivity contribution in [2.75, 3.05) is 18.5 Å². The monoisotopic (exact) mass is 343 g/mol. The summed E-state index contributed by atoms with van der Waals surface area (Å²) in [6.45, 7) is 5.66. The van der Waals surface area contributed by atoms with Gasteiger partial charge in [-0.15, -0.1) is 0 Å². The second-order valence-electron chi connectivity index (χ2n) is 6.77. The van der Waals surface area contributed by atoms with Gasteiger partial charge in [0.2, 0.25) is 0 Å². The SMILES string of the molecule is CC(C)c1ccc2c(c1)[C@H]1OCCO[C@H]1[C@H](c1ccccc1Cl)N2. The first-order chi connectivity index (χ1) is 11.6. The van der Waals surface area contributed by atoms with Crippen molar-refractivity contribution < 1.29 is 9.47 Å². The summed E-state index contributed by atoms with van der Waals surface area (Å²) < 4.78 is 12.2. The Hall–Kier alpha value is -1.55. The zero-order valence-corrected chi connectivity index (χ0v) is 14.7. The lowest BCUT2D eigenvalue weighted by Gasteiger charge is -2.43. The smallest absolute Gasteiger partial charge is 0.113 e. The predicted octanol–water partition coefficient (Wildman–Crippen LogP) is 5.09. The fourth-order valence-corrected chi connectivity index (χ4v) is 3.87. The average Bonchev–Trinajstić information content (AvgIpc) is 2.61. The standard InChI is InChI=1S/C20H22ClNO2/c1-12(2)13-7-8-17-15(11-13)19-20(24-10-9-23-19)18(22-17)14-5-3-4-6-16(14)21/h3-8,11-12,18-20,22H,9-10H2,1-2H3/t18-,19+,20-/m0/s1. The zero-order chi connectivity index (χ0) is 16.7. The number of halogens is 1. The molecule has 0 aromatic heterocycles. The van der Waals surface area contributed by atoms with Crippen molar-refractivity contribution in [3.05, 3.63) is 64.2 Å². The number of fused-ring (bicyclic) bond motifs is 3. The summed E-state index contributed by atoms with van der Waals surface area (Å²) in [5, 5.41) is 4.38. The molecule has 0 saturated carbocycles. The molecule has 3 atom stereocenters. The van der Waals surface area contributed by atoms with E-state index < -0.39 is 0 Å². The molecule has 4 rings (SSSR count). The fourth-order valence-electron chi connectivity index (χ4n) is 3.62. The van der Waals surface area contributed by atoms with Crippen molar-refractivity contribution in [2.24, 2.45) is 0 Å². The van der Waals surface area contributed by atoms with Crippen molar-refractivity contribution in [1.29, 1.82) is 0 Å². The highest BCUT2D eigenvalue weighted by Gasteiger charge is 2.41. The molecule has 126 valence electrons. The van der Waals surface area contributed by atoms with E-state index in [0.717, 1.165) is 16.3 Å². The molecule has 2 aromatic rings. The van der Waals surface area contributed by atoms with Gasteiger partial charge in [-0.25, -0.2) is 0 Å². The third-order valence-electron chi connectivity index (χ3n) is 4.92. The molecule has 2 heterocycles. The molecular weight excluding hydrogens is 322 g/mol. The lowest BCUT2D eigenvalue weighted by atomic mass is 9.86. The second-order valence-corrected chi connectivity index (χ2v) is 7.18. The van der Waals surface area contributed by atoms with E-state index in [-0.39, 0.29) is 18.2 Å². The van der Waals surface area contributed by atoms with E-state index in [1.165, 1.54) is 11.1 Å². The van der Waals surface area contributed by atoms with E-state index in [4.69, 9.17) is 21.1 Å². The Morgan fingerprint density at radius 2 is 1.83 bits per heavy atom. The number of nitrogens with one attached hydrogen (secondary N) is 1. The molecule has 0 spiro atoms. The molecule has 24 heavy (non-hydrogen) atoms. The molecule has 0 amide bonds. The molecule has 1 fully saturated rings. The Kier molecular flexibility index (Phi) is 4.25. The van der Waals surface area contributed by atoms with Crippen molar-refractivity contribution in [3.8, 4) is 0 Å². The zero-order valence-electron chi connectivity index (χ0n) is 14.0. The Morgan fingerprint density at radius 3 is 2.62 bits per heavy atom. The first-order valence-electron chi connectivity index (χ1n) is 8.53. The summed E-state index contributed by atoms with van der Waals surface area (Å²) in [6, 6.07) is 14.5. The minimum Gasteiger partial charge on any atom is -0.375 e. The number of hydrogen-bond acceptors (Lipinski definition) is 3. The van der Waals surface area contributed by atoms with Crippen molar-refractivity contribution in [3.63, 3.8) is 0 Å². The average molecular weight is 344 g/mol. The highest BCUT2D eigenvalue weighted by Crippen LogP contribution is 2.46. The quantitative estimate of drug-likeness (QED) is 0.824. The second kappa shape index (κ2) is 6.40. The van der Waals surface area contributed by atoms with Crippen LogP contribution in [0, 0.1) is 0 Å². The van der Waals surface area contributed by atoms with Gasteiger partial charge in [-0.3, -0.25) is 0 Å². The van der Waals surface area contributed by atoms with Gasteiger partial charge in [0.05, 0.1) is 19.3 Å². The molecule has 2 aliphatic rings. The summed E-state index contributed by atoms with van der Waals surface area (Å²) in [7, 11) is 0. The maximum atomic E-state index is 6.45. The largest absolute Gasteiger partial charge is 0.375 e. The number of benzene rings is 2. The Morgan fingerprint density at radius 1 is 1.04 bits per heavy atom. The van der Waals surface area contributed by atoms with E-state index in [2.05, 4.69) is 43.4 Å². The molecule has 0 unspecified atom stereocenters. The van der Waals surface area contributed by atoms with Gasteiger partial charge < -0.3 is 14.8 Å². The maximum absolute atomic E-state index is 6.45. The van der Waals surface area contributed by atoms with Crippen molar-refractivity contribution >= 4 is 17.3 Å². The van der Waals surface area contributed by atoms with E-state index in [1.807, 2.05) is 18.2 Å². The molecule has 1 N–H and O–H groups in total. The molecule has 4 heteroatoms. The van der Waals surface area contributed by atoms with Crippen LogP contribution in [0.5, 0.6) is 0 Å². The summed E-state index contributed by atoms with van der Waals surface area (Å²) in [6.07, 6.45) is -0.136. The number of ether oxygens (including phenoxy) is 2. The van der Waals surface area contributed by atoms with Crippen LogP contribution in [0.15, 0.2) is 42.5 Å². The van der Waals surface area contributed by atoms with Gasteiger partial charge in [-0.1, -0.05) is 55.8 Å². The van der Waals surface area contributed by atoms with Gasteiger partial charge in [-0.05, 0) is 29.2 Å². The van der Waals surface area contributed by atoms with Crippen LogP contribution in [0.25, 0.3) is 0 Å². The van der Waals surface area contributed by atoms with Crippen LogP contribution in [-0.4, -0.2) is 19.3 Å². The third-order valence-corrected chi connectivity index (χ3v) is 5.26. The highest BCUT2D eigenvalue weighted by atomic mass is 35.5. The van der Waals surface area contributed by atoms with Gasteiger partial charge >= 0.3 is 0 Å². The molecule has 0 radical (unpaired) electrons. The normalized spacial score (nSPS) is 25.8. The van der Waals surface area contributed by atoms with Gasteiger partial charge in [0.1, 0.15) is 12.2 Å². The van der Waals surface area contributed by atoms with E-state index >= 15 is 0 Å². The van der Waals surface area contributed by atoms with Crippen molar-refractivity contribution in [1.82, 2.24) is 0 Å². The molecule has 2 aliphatic heterocycles. The van der Waals surface area contributed by atoms with E-state index in [0.29, 0.717) is 19.1 Å². The first-order valence-corrected chi connectivity index (χ1v) is 8.91. The topological polar surface area (TPSA) is 30.5 Å². The number of rotatable bonds is 2. The molecule has 0 aliphatic carbocycles. The molecular formula is C20H22ClNO2. The fraction of sp³-hybridized carbons (Fsp3) is 0.400. The molecule has 3 nitrogen and oxygen atoms in total. The lowest BCUT2D eigenvalue weighted by molar-refractivity contribution is -0.151. The summed E-state index contributed by atoms with van der Waals surface area (Å²) in [5.74, 6) is 0.486. The van der Waals surface area contributed by atoms with Gasteiger partial charge in [0.15, 0.2) is 0 Å². The minimum atomic E-state index is -0.0754. The predicted molar refractivity (Wildman–Crippen MR) is 96.8 cm³/mol. The van der Waals surface area contributed by atoms with Crippen LogP contribution in [-0.2, 0) is 9.47 Å². The van der Waals surface area contributed by atoms with Crippen LogP contribution in [0.4, 0.5) is 5.69 Å². The van der Waals surface area contributed by atoms with E-state index in [1.54, 1.807) is 0 Å². The number of hydrogen-bond donors (Lipinski definition) is 1. The van der Waals surface area contributed by atoms with Gasteiger partial charge in [0.25, 0.3) is 0 Å². The Balaban J connectivity index is 1.79. The summed E-state index contributed by atoms with van der Waals surface area (Å²) >= 11 is 6.45. The van der Waals surface area contributed by atoms with Crippen LogP contribution in [0.3, 0.4) is 0 Å². The lowest BCUT2D eigenvalue weighted by Crippen LogP contribution is -2.43. The van der Waals surface area contributed by atoms with Gasteiger partial charge in [-0.2, -0.15) is 0 Å². The summed E-state index contributed by atoms with van der Waals surface area (Å²) in [4.78, 5) is 0. The molecule has 0 bridgehead atoms.